The summed E-state index contributed by atoms with van der Waals surface area (Å²) in [4.78, 5) is 24.0. The van der Waals surface area contributed by atoms with Crippen LogP contribution in [0.5, 0.6) is 0 Å². The molecule has 1 saturated heterocycles. The van der Waals surface area contributed by atoms with Crippen LogP contribution in [0.25, 0.3) is 0 Å². The Balaban J connectivity index is 1.72. The maximum atomic E-state index is 11.6. The van der Waals surface area contributed by atoms with Crippen molar-refractivity contribution in [2.75, 3.05) is 13.1 Å². The molecule has 1 aromatic rings. The van der Waals surface area contributed by atoms with Gasteiger partial charge in [-0.3, -0.25) is 0 Å². The molecule has 102 valence electrons. The molecule has 0 aliphatic carbocycles. The number of alkyl carbamates (subject to hydrolysis) is 1. The predicted molar refractivity (Wildman–Crippen MR) is 69.3 cm³/mol. The predicted octanol–water partition coefficient (Wildman–Crippen LogP) is 1.07. The van der Waals surface area contributed by atoms with E-state index >= 15 is 0 Å². The lowest BCUT2D eigenvalue weighted by molar-refractivity contribution is 0.135. The molecule has 3 N–H and O–H groups in total. The van der Waals surface area contributed by atoms with Gasteiger partial charge in [0.05, 0.1) is 6.04 Å². The number of hydrogen-bond donors (Lipinski definition) is 2. The summed E-state index contributed by atoms with van der Waals surface area (Å²) in [6.07, 6.45) is 0.226. The Morgan fingerprint density at radius 1 is 1.37 bits per heavy atom. The summed E-state index contributed by atoms with van der Waals surface area (Å²) < 4.78 is 5.10. The van der Waals surface area contributed by atoms with Crippen LogP contribution in [0.4, 0.5) is 9.59 Å². The van der Waals surface area contributed by atoms with Crippen LogP contribution in [0.1, 0.15) is 12.0 Å². The van der Waals surface area contributed by atoms with Crippen molar-refractivity contribution in [1.82, 2.24) is 10.2 Å². The second-order valence-corrected chi connectivity index (χ2v) is 4.48. The lowest BCUT2D eigenvalue weighted by Gasteiger charge is -2.14. The van der Waals surface area contributed by atoms with Crippen molar-refractivity contribution < 1.29 is 14.3 Å². The van der Waals surface area contributed by atoms with E-state index in [9.17, 15) is 9.59 Å². The minimum absolute atomic E-state index is 0.0872. The third-order valence-electron chi connectivity index (χ3n) is 3.03. The highest BCUT2D eigenvalue weighted by Gasteiger charge is 2.26. The number of ether oxygens (including phenoxy) is 1. The van der Waals surface area contributed by atoms with Crippen molar-refractivity contribution in [1.29, 1.82) is 0 Å². The molecule has 0 unspecified atom stereocenters. The van der Waals surface area contributed by atoms with E-state index in [0.29, 0.717) is 19.5 Å². The Bertz CT molecular complexity index is 450. The van der Waals surface area contributed by atoms with E-state index in [1.165, 1.54) is 4.90 Å². The molecular weight excluding hydrogens is 246 g/mol. The molecule has 0 aromatic heterocycles. The van der Waals surface area contributed by atoms with Crippen molar-refractivity contribution in [3.8, 4) is 0 Å². The SMILES string of the molecule is NC(=O)N1CC[C@@H](NC(=O)OCc2ccccc2)C1. The largest absolute Gasteiger partial charge is 0.445 e. The van der Waals surface area contributed by atoms with Crippen molar-refractivity contribution in [3.63, 3.8) is 0 Å². The number of amides is 3. The van der Waals surface area contributed by atoms with Gasteiger partial charge in [0.2, 0.25) is 0 Å². The van der Waals surface area contributed by atoms with Gasteiger partial charge < -0.3 is 20.7 Å². The maximum Gasteiger partial charge on any atom is 0.407 e. The average molecular weight is 263 g/mol. The molecule has 0 bridgehead atoms. The van der Waals surface area contributed by atoms with Gasteiger partial charge in [-0.15, -0.1) is 0 Å². The van der Waals surface area contributed by atoms with Crippen LogP contribution >= 0.6 is 0 Å². The number of carbonyl (C=O) groups is 2. The first-order valence-electron chi connectivity index (χ1n) is 6.17. The maximum absolute atomic E-state index is 11.6. The van der Waals surface area contributed by atoms with Crippen LogP contribution in [0, 0.1) is 0 Å². The second-order valence-electron chi connectivity index (χ2n) is 4.48. The van der Waals surface area contributed by atoms with E-state index in [1.54, 1.807) is 0 Å². The standard InChI is InChI=1S/C13H17N3O3/c14-12(17)16-7-6-11(8-16)15-13(18)19-9-10-4-2-1-3-5-10/h1-5,11H,6-9H2,(H2,14,17)(H,15,18)/t11-/m1/s1. The molecule has 1 aliphatic heterocycles. The van der Waals surface area contributed by atoms with Gasteiger partial charge >= 0.3 is 12.1 Å². The molecular formula is C13H17N3O3. The zero-order valence-corrected chi connectivity index (χ0v) is 10.5. The van der Waals surface area contributed by atoms with Crippen LogP contribution in [0.3, 0.4) is 0 Å². The summed E-state index contributed by atoms with van der Waals surface area (Å²) in [5.74, 6) is 0. The van der Waals surface area contributed by atoms with Crippen molar-refractivity contribution in [3.05, 3.63) is 35.9 Å². The van der Waals surface area contributed by atoms with Crippen LogP contribution < -0.4 is 11.1 Å². The third-order valence-corrected chi connectivity index (χ3v) is 3.03. The molecule has 0 saturated carbocycles. The zero-order chi connectivity index (χ0) is 13.7. The highest BCUT2D eigenvalue weighted by molar-refractivity contribution is 5.73. The lowest BCUT2D eigenvalue weighted by atomic mass is 10.2. The van der Waals surface area contributed by atoms with Gasteiger partial charge in [-0.1, -0.05) is 30.3 Å². The fourth-order valence-electron chi connectivity index (χ4n) is 2.01. The van der Waals surface area contributed by atoms with Crippen molar-refractivity contribution in [2.24, 2.45) is 5.73 Å². The first kappa shape index (κ1) is 13.2. The topological polar surface area (TPSA) is 84.7 Å². The van der Waals surface area contributed by atoms with Gasteiger partial charge in [-0.2, -0.15) is 0 Å². The Morgan fingerprint density at radius 2 is 2.11 bits per heavy atom. The highest BCUT2D eigenvalue weighted by atomic mass is 16.5. The summed E-state index contributed by atoms with van der Waals surface area (Å²) in [5.41, 5.74) is 6.10. The smallest absolute Gasteiger partial charge is 0.407 e. The van der Waals surface area contributed by atoms with Gasteiger partial charge in [-0.05, 0) is 12.0 Å². The minimum atomic E-state index is -0.472. The average Bonchev–Trinajstić information content (AvgIpc) is 2.86. The monoisotopic (exact) mass is 263 g/mol. The van der Waals surface area contributed by atoms with Crippen LogP contribution in [-0.2, 0) is 11.3 Å². The Morgan fingerprint density at radius 3 is 2.74 bits per heavy atom. The number of nitrogens with zero attached hydrogens (tertiary/aromatic N) is 1. The van der Waals surface area contributed by atoms with Gasteiger partial charge in [-0.25, -0.2) is 9.59 Å². The normalized spacial score (nSPS) is 18.1. The third kappa shape index (κ3) is 3.87. The number of hydrogen-bond acceptors (Lipinski definition) is 3. The molecule has 19 heavy (non-hydrogen) atoms. The highest BCUT2D eigenvalue weighted by Crippen LogP contribution is 2.09. The zero-order valence-electron chi connectivity index (χ0n) is 10.5. The van der Waals surface area contributed by atoms with Gasteiger partial charge in [0.25, 0.3) is 0 Å². The number of likely N-dealkylation sites (tertiary alicyclic amines) is 1. The lowest BCUT2D eigenvalue weighted by Crippen LogP contribution is -2.40. The van der Waals surface area contributed by atoms with Gasteiger partial charge in [0.15, 0.2) is 0 Å². The number of primary amides is 1. The number of rotatable bonds is 3. The van der Waals surface area contributed by atoms with Crippen molar-refractivity contribution >= 4 is 12.1 Å². The molecule has 1 fully saturated rings. The Labute approximate surface area is 111 Å². The van der Waals surface area contributed by atoms with E-state index in [1.807, 2.05) is 30.3 Å². The minimum Gasteiger partial charge on any atom is -0.445 e. The molecule has 3 amide bonds. The number of benzene rings is 1. The summed E-state index contributed by atoms with van der Waals surface area (Å²) in [5, 5.41) is 2.72. The molecule has 6 nitrogen and oxygen atoms in total. The van der Waals surface area contributed by atoms with Crippen LogP contribution in [0.2, 0.25) is 0 Å². The first-order chi connectivity index (χ1) is 9.15. The fourth-order valence-corrected chi connectivity index (χ4v) is 2.01. The Kier molecular flexibility index (Phi) is 4.22. The Hall–Kier alpha value is -2.24. The second kappa shape index (κ2) is 6.08. The summed E-state index contributed by atoms with van der Waals surface area (Å²) in [6, 6.07) is 8.91. The summed E-state index contributed by atoms with van der Waals surface area (Å²) in [6.45, 7) is 1.24. The number of nitrogens with one attached hydrogen (secondary N) is 1. The van der Waals surface area contributed by atoms with E-state index in [4.69, 9.17) is 10.5 Å². The molecule has 1 aromatic carbocycles. The van der Waals surface area contributed by atoms with Crippen molar-refractivity contribution in [2.45, 2.75) is 19.1 Å². The van der Waals surface area contributed by atoms with Gasteiger partial charge in [0, 0.05) is 13.1 Å². The quantitative estimate of drug-likeness (QED) is 0.855. The fraction of sp³-hybridized carbons (Fsp3) is 0.385. The van der Waals surface area contributed by atoms with E-state index in [-0.39, 0.29) is 12.6 Å². The molecule has 0 spiro atoms. The summed E-state index contributed by atoms with van der Waals surface area (Å²) >= 11 is 0. The molecule has 1 heterocycles. The molecule has 1 aliphatic rings. The van der Waals surface area contributed by atoms with E-state index in [0.717, 1.165) is 5.56 Å². The molecule has 2 rings (SSSR count). The van der Waals surface area contributed by atoms with E-state index < -0.39 is 12.1 Å². The molecule has 6 heteroatoms. The number of nitrogens with two attached hydrogens (primary N) is 1. The van der Waals surface area contributed by atoms with Crippen LogP contribution in [0.15, 0.2) is 30.3 Å². The van der Waals surface area contributed by atoms with Gasteiger partial charge in [0.1, 0.15) is 6.61 Å². The number of urea groups is 1. The van der Waals surface area contributed by atoms with Crippen LogP contribution in [-0.4, -0.2) is 36.2 Å². The van der Waals surface area contributed by atoms with E-state index in [2.05, 4.69) is 5.32 Å². The molecule has 0 radical (unpaired) electrons. The molecule has 1 atom stereocenters. The summed E-state index contributed by atoms with van der Waals surface area (Å²) in [7, 11) is 0. The number of carbonyl (C=O) groups excluding carboxylic acids is 2. The first-order valence-corrected chi connectivity index (χ1v) is 6.17.